The molecule has 0 spiro atoms. The van der Waals surface area contributed by atoms with Gasteiger partial charge in [0.25, 0.3) is 11.5 Å². The van der Waals surface area contributed by atoms with Gasteiger partial charge in [-0.2, -0.15) is 0 Å². The Kier molecular flexibility index (Phi) is 5.50. The van der Waals surface area contributed by atoms with E-state index in [4.69, 9.17) is 0 Å². The zero-order valence-electron chi connectivity index (χ0n) is 18.2. The molecule has 0 saturated carbocycles. The highest BCUT2D eigenvalue weighted by Crippen LogP contribution is 2.40. The van der Waals surface area contributed by atoms with Gasteiger partial charge in [0.05, 0.1) is 11.9 Å². The number of likely N-dealkylation sites (tertiary alicyclic amines) is 2. The van der Waals surface area contributed by atoms with Crippen LogP contribution >= 0.6 is 0 Å². The molecule has 2 atom stereocenters. The Hall–Kier alpha value is -3.07. The molecule has 0 radical (unpaired) electrons. The van der Waals surface area contributed by atoms with Crippen molar-refractivity contribution in [3.63, 3.8) is 0 Å². The molecule has 2 aromatic rings. The van der Waals surface area contributed by atoms with Gasteiger partial charge in [-0.3, -0.25) is 24.3 Å². The number of carbonyl (C=O) groups is 2. The van der Waals surface area contributed by atoms with Crippen molar-refractivity contribution < 1.29 is 9.59 Å². The van der Waals surface area contributed by atoms with Crippen molar-refractivity contribution in [1.82, 2.24) is 24.3 Å². The van der Waals surface area contributed by atoms with Crippen molar-refractivity contribution in [2.45, 2.75) is 44.7 Å². The Bertz CT molecular complexity index is 1080. The van der Waals surface area contributed by atoms with Crippen LogP contribution in [0.1, 0.15) is 48.3 Å². The van der Waals surface area contributed by atoms with Gasteiger partial charge in [0, 0.05) is 75.8 Å². The van der Waals surface area contributed by atoms with Crippen LogP contribution in [0.4, 0.5) is 5.69 Å². The number of piperidine rings is 2. The minimum absolute atomic E-state index is 0.0181. The van der Waals surface area contributed by atoms with Crippen LogP contribution in [0.3, 0.4) is 0 Å². The highest BCUT2D eigenvalue weighted by Gasteiger charge is 2.39. The Balaban J connectivity index is 1.38. The molecule has 0 aromatic carbocycles. The molecule has 0 unspecified atom stereocenters. The minimum atomic E-state index is -0.328. The third kappa shape index (κ3) is 3.92. The fourth-order valence-electron chi connectivity index (χ4n) is 5.60. The van der Waals surface area contributed by atoms with E-state index >= 15 is 0 Å². The van der Waals surface area contributed by atoms with E-state index < -0.39 is 0 Å². The molecule has 9 heteroatoms. The minimum Gasteiger partial charge on any atom is -0.343 e. The number of aromatic nitrogens is 3. The summed E-state index contributed by atoms with van der Waals surface area (Å²) in [5.74, 6) is 0.414. The van der Waals surface area contributed by atoms with E-state index in [9.17, 15) is 14.4 Å². The number of hydrogen-bond donors (Lipinski definition) is 1. The van der Waals surface area contributed by atoms with Crippen molar-refractivity contribution in [1.29, 1.82) is 0 Å². The molecule has 2 amide bonds. The van der Waals surface area contributed by atoms with Crippen molar-refractivity contribution in [2.75, 3.05) is 31.5 Å². The summed E-state index contributed by atoms with van der Waals surface area (Å²) >= 11 is 0. The lowest BCUT2D eigenvalue weighted by molar-refractivity contribution is -0.130. The molecule has 2 aromatic heterocycles. The van der Waals surface area contributed by atoms with Crippen molar-refractivity contribution >= 4 is 17.5 Å². The van der Waals surface area contributed by atoms with Gasteiger partial charge in [-0.15, -0.1) is 0 Å². The third-order valence-electron chi connectivity index (χ3n) is 7.09. The first-order chi connectivity index (χ1) is 15.5. The number of pyridine rings is 1. The molecular weight excluding hydrogens is 408 g/mol. The zero-order chi connectivity index (χ0) is 22.2. The van der Waals surface area contributed by atoms with Crippen LogP contribution < -0.4 is 10.9 Å². The summed E-state index contributed by atoms with van der Waals surface area (Å²) in [6.07, 6.45) is 7.43. The van der Waals surface area contributed by atoms with E-state index in [1.165, 1.54) is 24.7 Å². The summed E-state index contributed by atoms with van der Waals surface area (Å²) in [5, 5.41) is 2.97. The molecule has 5 heterocycles. The van der Waals surface area contributed by atoms with Crippen LogP contribution in [0, 0.1) is 5.92 Å². The van der Waals surface area contributed by atoms with Crippen LogP contribution in [0.2, 0.25) is 0 Å². The summed E-state index contributed by atoms with van der Waals surface area (Å²) in [5.41, 5.74) is 1.82. The number of nitrogens with one attached hydrogen (secondary N) is 1. The van der Waals surface area contributed by atoms with E-state index in [0.29, 0.717) is 24.2 Å². The second kappa shape index (κ2) is 8.46. The molecule has 1 N–H and O–H groups in total. The summed E-state index contributed by atoms with van der Waals surface area (Å²) in [6, 6.07) is 3.70. The summed E-state index contributed by atoms with van der Waals surface area (Å²) < 4.78 is 1.85. The van der Waals surface area contributed by atoms with Gasteiger partial charge in [-0.25, -0.2) is 4.98 Å². The highest BCUT2D eigenvalue weighted by molar-refractivity contribution is 6.03. The predicted molar refractivity (Wildman–Crippen MR) is 118 cm³/mol. The first-order valence-electron chi connectivity index (χ1n) is 11.3. The Morgan fingerprint density at radius 1 is 1.09 bits per heavy atom. The van der Waals surface area contributed by atoms with Gasteiger partial charge in [0.15, 0.2) is 0 Å². The molecule has 0 aliphatic carbocycles. The molecule has 2 fully saturated rings. The average molecular weight is 437 g/mol. The van der Waals surface area contributed by atoms with E-state index in [2.05, 4.69) is 20.2 Å². The quantitative estimate of drug-likeness (QED) is 0.779. The number of amides is 2. The van der Waals surface area contributed by atoms with Gasteiger partial charge in [-0.1, -0.05) is 0 Å². The first-order valence-corrected chi connectivity index (χ1v) is 11.3. The van der Waals surface area contributed by atoms with Gasteiger partial charge in [0.1, 0.15) is 5.69 Å². The second-order valence-electron chi connectivity index (χ2n) is 9.12. The van der Waals surface area contributed by atoms with E-state index in [1.54, 1.807) is 13.0 Å². The van der Waals surface area contributed by atoms with Gasteiger partial charge in [-0.05, 0) is 31.2 Å². The number of rotatable bonds is 3. The van der Waals surface area contributed by atoms with Crippen LogP contribution in [0.5, 0.6) is 0 Å². The first kappa shape index (κ1) is 20.8. The normalized spacial score (nSPS) is 23.5. The molecule has 2 saturated heterocycles. The maximum absolute atomic E-state index is 12.7. The second-order valence-corrected chi connectivity index (χ2v) is 9.12. The third-order valence-corrected chi connectivity index (χ3v) is 7.09. The molecule has 168 valence electrons. The smallest absolute Gasteiger partial charge is 0.275 e. The maximum Gasteiger partial charge on any atom is 0.275 e. The lowest BCUT2D eigenvalue weighted by Crippen LogP contribution is -2.53. The fraction of sp³-hybridized carbons (Fsp3) is 0.522. The summed E-state index contributed by atoms with van der Waals surface area (Å²) in [4.78, 5) is 49.6. The van der Waals surface area contributed by atoms with Crippen molar-refractivity contribution in [3.05, 3.63) is 52.5 Å². The van der Waals surface area contributed by atoms with Crippen LogP contribution in [-0.4, -0.2) is 68.4 Å². The molecule has 5 rings (SSSR count). The van der Waals surface area contributed by atoms with Crippen molar-refractivity contribution in [3.8, 4) is 0 Å². The number of fused-ring (bicyclic) bond motifs is 4. The van der Waals surface area contributed by atoms with E-state index in [-0.39, 0.29) is 29.0 Å². The summed E-state index contributed by atoms with van der Waals surface area (Å²) in [6.45, 7) is 5.75. The maximum atomic E-state index is 12.7. The Labute approximate surface area is 186 Å². The highest BCUT2D eigenvalue weighted by atomic mass is 16.2. The van der Waals surface area contributed by atoms with Crippen molar-refractivity contribution in [2.24, 2.45) is 5.92 Å². The fourth-order valence-corrected chi connectivity index (χ4v) is 5.60. The molecule has 3 aliphatic heterocycles. The zero-order valence-corrected chi connectivity index (χ0v) is 18.2. The van der Waals surface area contributed by atoms with Crippen LogP contribution in [0.15, 0.2) is 35.5 Å². The Morgan fingerprint density at radius 2 is 1.91 bits per heavy atom. The number of anilines is 1. The van der Waals surface area contributed by atoms with Gasteiger partial charge in [0.2, 0.25) is 5.91 Å². The van der Waals surface area contributed by atoms with Gasteiger partial charge >= 0.3 is 0 Å². The standard InChI is InChI=1S/C23H28N6O3/c1-15(30)27-8-4-18(5-9-27)28-12-16-10-17(14-28)22-19(2-3-21(31)29(22)13-16)26-23(32)20-11-24-6-7-25-20/h2-3,6-7,11,16-18H,4-5,8-10,12-14H2,1H3,(H,26,32)/t16-,17-/m1/s1. The molecule has 9 nitrogen and oxygen atoms in total. The Morgan fingerprint density at radius 3 is 2.62 bits per heavy atom. The van der Waals surface area contributed by atoms with E-state index in [1.807, 2.05) is 9.47 Å². The van der Waals surface area contributed by atoms with E-state index in [0.717, 1.165) is 51.1 Å². The number of nitrogens with zero attached hydrogens (tertiary/aromatic N) is 5. The number of hydrogen-bond acceptors (Lipinski definition) is 6. The number of carbonyl (C=O) groups excluding carboxylic acids is 2. The average Bonchev–Trinajstić information content (AvgIpc) is 2.81. The largest absolute Gasteiger partial charge is 0.343 e. The predicted octanol–water partition coefficient (Wildman–Crippen LogP) is 1.32. The molecular formula is C23H28N6O3. The van der Waals surface area contributed by atoms with Crippen LogP contribution in [0.25, 0.3) is 0 Å². The van der Waals surface area contributed by atoms with Crippen LogP contribution in [-0.2, 0) is 11.3 Å². The SMILES string of the molecule is CC(=O)N1CCC(N2C[C@H]3C[C@H](C2)c2c(NC(=O)c4cnccn4)ccc(=O)n2C3)CC1. The van der Waals surface area contributed by atoms with Gasteiger partial charge < -0.3 is 14.8 Å². The lowest BCUT2D eigenvalue weighted by atomic mass is 9.81. The monoisotopic (exact) mass is 436 g/mol. The molecule has 2 bridgehead atoms. The molecule has 32 heavy (non-hydrogen) atoms. The molecule has 3 aliphatic rings. The lowest BCUT2D eigenvalue weighted by Gasteiger charge is -2.47. The summed E-state index contributed by atoms with van der Waals surface area (Å²) in [7, 11) is 0. The topological polar surface area (TPSA) is 100 Å².